The van der Waals surface area contributed by atoms with Gasteiger partial charge in [0.1, 0.15) is 23.5 Å². The van der Waals surface area contributed by atoms with E-state index in [0.717, 1.165) is 44.8 Å². The van der Waals surface area contributed by atoms with Crippen molar-refractivity contribution < 1.29 is 91.1 Å². The first-order valence-corrected chi connectivity index (χ1v) is 31.5. The predicted molar refractivity (Wildman–Crippen MR) is 389 cm³/mol. The number of carbonyl (C=O) groups is 12. The quantitative estimate of drug-likeness (QED) is 0.0407. The number of aryl methyl sites for hydroxylation is 2. The molecule has 548 valence electrons. The van der Waals surface area contributed by atoms with E-state index in [1.165, 1.54) is 112 Å². The summed E-state index contributed by atoms with van der Waals surface area (Å²) in [6, 6.07) is 39.8. The number of aliphatic hydroxyl groups excluding tert-OH is 1. The fourth-order valence-electron chi connectivity index (χ4n) is 9.26. The molecule has 0 heterocycles. The van der Waals surface area contributed by atoms with Crippen LogP contribution in [0.15, 0.2) is 140 Å². The number of carbonyl (C=O) groups excluding carboxylic acids is 12. The number of hydrogen-bond donors (Lipinski definition) is 1. The second-order valence-corrected chi connectivity index (χ2v) is 24.0. The Morgan fingerprint density at radius 1 is 0.340 bits per heavy atom. The van der Waals surface area contributed by atoms with Crippen molar-refractivity contribution in [3.05, 3.63) is 195 Å². The van der Waals surface area contributed by atoms with E-state index in [9.17, 15) is 62.6 Å². The van der Waals surface area contributed by atoms with Crippen LogP contribution in [0.3, 0.4) is 0 Å². The molecule has 0 bridgehead atoms. The van der Waals surface area contributed by atoms with Crippen LogP contribution in [-0.2, 0) is 38.2 Å². The SMILES string of the molecule is CC(=O)N(C)c1cc(-c2ccccc2C)cc(N(C)C(C)=O)c1.CC(=O)Oc1cc(OC(C)=O)cc(OC(C)=O)c1.CN(C)C(=O)c1cc(C(=O)N(C)C)cc(C(O)N(C)C)c1.COC(=O)c1cc(C(=O)OC)cc(C(=O)OC)c1.Cc1ccccc1-c1cc(C(=O)N(C)C)cc(C(=O)N(C)C)c1. The van der Waals surface area contributed by atoms with Crippen LogP contribution >= 0.6 is 0 Å². The van der Waals surface area contributed by atoms with E-state index in [1.54, 1.807) is 124 Å². The topological polar surface area (TPSA) is 303 Å². The van der Waals surface area contributed by atoms with E-state index < -0.39 is 42.0 Å². The fourth-order valence-corrected chi connectivity index (χ4v) is 9.26. The van der Waals surface area contributed by atoms with Gasteiger partial charge in [-0.2, -0.15) is 0 Å². The molecule has 1 unspecified atom stereocenters. The maximum Gasteiger partial charge on any atom is 0.337 e. The average molecular weight is 1420 g/mol. The van der Waals surface area contributed by atoms with Crippen LogP contribution in [-0.4, -0.2) is 207 Å². The first-order chi connectivity index (χ1) is 48.2. The van der Waals surface area contributed by atoms with Gasteiger partial charge in [-0.05, 0) is 140 Å². The number of rotatable bonds is 16. The van der Waals surface area contributed by atoms with Gasteiger partial charge in [-0.25, -0.2) is 14.4 Å². The zero-order chi connectivity index (χ0) is 78.0. The molecule has 7 rings (SSSR count). The van der Waals surface area contributed by atoms with Crippen LogP contribution in [0, 0.1) is 13.8 Å². The number of benzene rings is 7. The number of anilines is 2. The Morgan fingerprint density at radius 3 is 0.845 bits per heavy atom. The Bertz CT molecular complexity index is 3990. The first kappa shape index (κ1) is 85.3. The summed E-state index contributed by atoms with van der Waals surface area (Å²) in [6.07, 6.45) is -0.881. The molecule has 0 radical (unpaired) electrons. The van der Waals surface area contributed by atoms with Crippen LogP contribution in [0.5, 0.6) is 17.2 Å². The van der Waals surface area contributed by atoms with Crippen molar-refractivity contribution in [2.75, 3.05) is 116 Å². The maximum atomic E-state index is 12.4. The molecule has 26 nitrogen and oxygen atoms in total. The van der Waals surface area contributed by atoms with Gasteiger partial charge in [0.25, 0.3) is 23.6 Å². The molecule has 1 atom stereocenters. The summed E-state index contributed by atoms with van der Waals surface area (Å²) in [4.78, 5) is 150. The van der Waals surface area contributed by atoms with Crippen molar-refractivity contribution in [2.45, 2.75) is 54.7 Å². The zero-order valence-electron chi connectivity index (χ0n) is 62.3. The first-order valence-electron chi connectivity index (χ1n) is 31.5. The van der Waals surface area contributed by atoms with Gasteiger partial charge >= 0.3 is 35.8 Å². The third-order valence-electron chi connectivity index (χ3n) is 14.7. The van der Waals surface area contributed by atoms with Crippen molar-refractivity contribution in [1.82, 2.24) is 24.5 Å². The molecule has 0 aliphatic carbocycles. The van der Waals surface area contributed by atoms with Gasteiger partial charge in [0.05, 0.1) is 38.0 Å². The molecule has 103 heavy (non-hydrogen) atoms. The van der Waals surface area contributed by atoms with Gasteiger partial charge in [-0.3, -0.25) is 48.1 Å². The van der Waals surface area contributed by atoms with E-state index in [-0.39, 0.29) is 69.4 Å². The minimum atomic E-state index is -0.881. The van der Waals surface area contributed by atoms with E-state index in [1.807, 2.05) is 92.7 Å². The van der Waals surface area contributed by atoms with Crippen LogP contribution < -0.4 is 24.0 Å². The smallest absolute Gasteiger partial charge is 0.337 e. The second kappa shape index (κ2) is 39.8. The van der Waals surface area contributed by atoms with E-state index in [2.05, 4.69) is 14.2 Å². The molecular formula is C77H91N7O19. The van der Waals surface area contributed by atoms with E-state index in [0.29, 0.717) is 27.8 Å². The van der Waals surface area contributed by atoms with Gasteiger partial charge < -0.3 is 62.9 Å². The highest BCUT2D eigenvalue weighted by Gasteiger charge is 2.23. The van der Waals surface area contributed by atoms with Gasteiger partial charge in [0, 0.05) is 157 Å². The Balaban J connectivity index is 0.000000336. The Labute approximate surface area is 600 Å². The third-order valence-corrected chi connectivity index (χ3v) is 14.7. The number of ether oxygens (including phenoxy) is 6. The fraction of sp³-hybridized carbons (Fsp3) is 0.299. The Kier molecular flexibility index (Phi) is 32.9. The largest absolute Gasteiger partial charge is 0.465 e. The number of methoxy groups -OCH3 is 3. The highest BCUT2D eigenvalue weighted by Crippen LogP contribution is 2.34. The van der Waals surface area contributed by atoms with Gasteiger partial charge in [-0.15, -0.1) is 0 Å². The molecule has 0 saturated carbocycles. The lowest BCUT2D eigenvalue weighted by atomic mass is 9.96. The lowest BCUT2D eigenvalue weighted by Crippen LogP contribution is -2.26. The summed E-state index contributed by atoms with van der Waals surface area (Å²) in [5.41, 5.74) is 10.3. The van der Waals surface area contributed by atoms with Crippen molar-refractivity contribution >= 4 is 82.6 Å². The third kappa shape index (κ3) is 26.0. The normalized spacial score (nSPS) is 10.4. The minimum absolute atomic E-state index is 0.0524. The van der Waals surface area contributed by atoms with E-state index >= 15 is 0 Å². The number of hydrogen-bond acceptors (Lipinski definition) is 20. The number of aliphatic hydroxyl groups is 1. The zero-order valence-corrected chi connectivity index (χ0v) is 62.3. The average Bonchev–Trinajstić information content (AvgIpc) is 0.815. The molecule has 0 spiro atoms. The standard InChI is InChI=1S/2C19H22N2O2.C15H23N3O3.2C12H12O6/c1-13-8-6-7-9-17(13)14-10-15(18(22)20(2)3)12-16(11-14)19(23)21(4)5;1-13-8-6-7-9-19(13)16-10-17(20(4)14(2)22)12-18(11-16)21(5)15(3)23;1-16(2)13(19)10-7-11(14(20)17(3)4)9-12(8-10)15(21)18(5)6;1-16-10(13)7-4-8(11(14)17-2)6-9(5-7)12(15)18-3;1-7(13)16-10-4-11(17-8(2)14)6-12(5-10)18-9(3)15/h2*6-12H,1-5H3;7-9,13,19H,1-6H3;2*4-6H,1-3H3. The molecule has 6 amide bonds. The monoisotopic (exact) mass is 1420 g/mol. The summed E-state index contributed by atoms with van der Waals surface area (Å²) in [7, 11) is 23.9. The van der Waals surface area contributed by atoms with Gasteiger partial charge in [0.2, 0.25) is 11.8 Å². The molecule has 0 aliphatic heterocycles. The van der Waals surface area contributed by atoms with Crippen molar-refractivity contribution in [1.29, 1.82) is 0 Å². The Morgan fingerprint density at radius 2 is 0.602 bits per heavy atom. The van der Waals surface area contributed by atoms with Crippen molar-refractivity contribution in [2.24, 2.45) is 0 Å². The molecule has 0 aromatic heterocycles. The summed E-state index contributed by atoms with van der Waals surface area (Å²) >= 11 is 0. The van der Waals surface area contributed by atoms with Crippen LogP contribution in [0.25, 0.3) is 22.3 Å². The molecule has 26 heteroatoms. The van der Waals surface area contributed by atoms with E-state index in [4.69, 9.17) is 14.2 Å². The van der Waals surface area contributed by atoms with Crippen molar-refractivity contribution in [3.63, 3.8) is 0 Å². The predicted octanol–water partition coefficient (Wildman–Crippen LogP) is 9.84. The van der Waals surface area contributed by atoms with Crippen LogP contribution in [0.2, 0.25) is 0 Å². The molecule has 0 saturated heterocycles. The maximum absolute atomic E-state index is 12.4. The summed E-state index contributed by atoms with van der Waals surface area (Å²) in [5, 5.41) is 10.2. The molecule has 0 fully saturated rings. The van der Waals surface area contributed by atoms with Gasteiger partial charge in [0.15, 0.2) is 0 Å². The lowest BCUT2D eigenvalue weighted by Gasteiger charge is -2.22. The number of nitrogens with zero attached hydrogens (tertiary/aromatic N) is 7. The molecule has 7 aromatic rings. The summed E-state index contributed by atoms with van der Waals surface area (Å²) < 4.78 is 28.1. The summed E-state index contributed by atoms with van der Waals surface area (Å²) in [5.74, 6) is -3.99. The second-order valence-electron chi connectivity index (χ2n) is 24.0. The highest BCUT2D eigenvalue weighted by molar-refractivity contribution is 6.03. The number of amides is 6. The molecule has 1 N–H and O–H groups in total. The molecular weight excluding hydrogens is 1330 g/mol. The molecule has 0 aliphatic rings. The highest BCUT2D eigenvalue weighted by atomic mass is 16.6. The lowest BCUT2D eigenvalue weighted by molar-refractivity contribution is -0.132. The Hall–Kier alpha value is -11.9. The van der Waals surface area contributed by atoms with Gasteiger partial charge in [-0.1, -0.05) is 48.5 Å². The number of esters is 6. The van der Waals surface area contributed by atoms with Crippen LogP contribution in [0.4, 0.5) is 11.4 Å². The minimum Gasteiger partial charge on any atom is -0.465 e. The van der Waals surface area contributed by atoms with Crippen molar-refractivity contribution in [3.8, 4) is 39.5 Å². The summed E-state index contributed by atoms with van der Waals surface area (Å²) in [6.45, 7) is 10.8. The van der Waals surface area contributed by atoms with Crippen LogP contribution in [0.1, 0.15) is 130 Å². The molecule has 7 aromatic carbocycles.